The Morgan fingerprint density at radius 3 is 1.88 bits per heavy atom. The van der Waals surface area contributed by atoms with E-state index in [9.17, 15) is 14.4 Å². The number of pyridine rings is 2. The highest BCUT2D eigenvalue weighted by Crippen LogP contribution is 2.28. The number of nitrogens with one attached hydrogen (secondary N) is 1. The minimum Gasteiger partial charge on any atom is -0.461 e. The van der Waals surface area contributed by atoms with Gasteiger partial charge in [-0.25, -0.2) is 19.6 Å². The Kier molecular flexibility index (Phi) is 9.88. The summed E-state index contributed by atoms with van der Waals surface area (Å²) in [5, 5.41) is 2.96. The summed E-state index contributed by atoms with van der Waals surface area (Å²) >= 11 is 0. The molecule has 0 aliphatic heterocycles. The second-order valence-electron chi connectivity index (χ2n) is 11.9. The van der Waals surface area contributed by atoms with Crippen molar-refractivity contribution in [1.82, 2.24) is 18.8 Å². The van der Waals surface area contributed by atoms with Crippen LogP contribution in [-0.4, -0.2) is 49.8 Å². The zero-order valence-electron chi connectivity index (χ0n) is 27.6. The molecule has 0 atom stereocenters. The number of nitrogens with zero attached hydrogens (tertiary/aromatic N) is 4. The summed E-state index contributed by atoms with van der Waals surface area (Å²) in [5.74, 6) is -1.10. The van der Waals surface area contributed by atoms with Gasteiger partial charge in [0, 0.05) is 36.0 Å². The molecule has 0 bridgehead atoms. The van der Waals surface area contributed by atoms with Gasteiger partial charge in [0.1, 0.15) is 11.3 Å². The predicted molar refractivity (Wildman–Crippen MR) is 185 cm³/mol. The predicted octanol–water partition coefficient (Wildman–Crippen LogP) is 6.82. The van der Waals surface area contributed by atoms with E-state index in [-0.39, 0.29) is 23.6 Å². The van der Waals surface area contributed by atoms with Gasteiger partial charge in [0.25, 0.3) is 5.91 Å². The van der Waals surface area contributed by atoms with Gasteiger partial charge in [-0.3, -0.25) is 4.79 Å². The van der Waals surface area contributed by atoms with Crippen molar-refractivity contribution in [3.8, 4) is 11.1 Å². The lowest BCUT2D eigenvalue weighted by Gasteiger charge is -2.19. The van der Waals surface area contributed by atoms with Crippen molar-refractivity contribution in [3.63, 3.8) is 0 Å². The van der Waals surface area contributed by atoms with Crippen LogP contribution in [0.25, 0.3) is 22.4 Å². The van der Waals surface area contributed by atoms with E-state index < -0.39 is 11.9 Å². The number of benzene rings is 2. The van der Waals surface area contributed by atoms with Gasteiger partial charge in [-0.1, -0.05) is 63.2 Å². The van der Waals surface area contributed by atoms with Crippen LogP contribution in [0.5, 0.6) is 0 Å². The van der Waals surface area contributed by atoms with Crippen molar-refractivity contribution in [2.24, 2.45) is 0 Å². The van der Waals surface area contributed by atoms with E-state index in [1.165, 1.54) is 5.56 Å². The molecular formula is C37H38N6O5. The minimum atomic E-state index is -0.474. The third-order valence-corrected chi connectivity index (χ3v) is 7.39. The molecule has 0 saturated heterocycles. The molecule has 0 fully saturated rings. The first-order chi connectivity index (χ1) is 23.0. The fraction of sp³-hybridized carbons (Fsp3) is 0.216. The topological polar surface area (TPSA) is 142 Å². The van der Waals surface area contributed by atoms with E-state index >= 15 is 0 Å². The Balaban J connectivity index is 0.000000250. The smallest absolute Gasteiger partial charge is 0.358 e. The Morgan fingerprint density at radius 2 is 1.29 bits per heavy atom. The summed E-state index contributed by atoms with van der Waals surface area (Å²) < 4.78 is 13.2. The van der Waals surface area contributed by atoms with E-state index in [0.717, 1.165) is 11.1 Å². The fourth-order valence-corrected chi connectivity index (χ4v) is 4.96. The summed E-state index contributed by atoms with van der Waals surface area (Å²) in [5.41, 5.74) is 12.3. The lowest BCUT2D eigenvalue weighted by Crippen LogP contribution is -2.13. The number of hydrogen-bond donors (Lipinski definition) is 2. The van der Waals surface area contributed by atoms with Gasteiger partial charge >= 0.3 is 11.9 Å². The highest BCUT2D eigenvalue weighted by molar-refractivity contribution is 6.08. The van der Waals surface area contributed by atoms with E-state index in [0.29, 0.717) is 40.5 Å². The maximum Gasteiger partial charge on any atom is 0.358 e. The molecule has 0 radical (unpaired) electrons. The maximum atomic E-state index is 13.2. The van der Waals surface area contributed by atoms with E-state index in [1.807, 2.05) is 24.3 Å². The Hall–Kier alpha value is -5.97. The van der Waals surface area contributed by atoms with Crippen LogP contribution in [0.15, 0.2) is 97.6 Å². The number of nitrogen functional groups attached to an aromatic ring is 1. The number of esters is 2. The number of carbonyl (C=O) groups excluding carboxylic acids is 3. The van der Waals surface area contributed by atoms with Gasteiger partial charge in [-0.15, -0.1) is 0 Å². The van der Waals surface area contributed by atoms with Crippen molar-refractivity contribution < 1.29 is 23.9 Å². The van der Waals surface area contributed by atoms with Gasteiger partial charge in [0.05, 0.1) is 18.9 Å². The largest absolute Gasteiger partial charge is 0.461 e. The molecule has 3 N–H and O–H groups in total. The molecule has 4 heterocycles. The lowest BCUT2D eigenvalue weighted by atomic mass is 9.86. The zero-order chi connectivity index (χ0) is 34.4. The van der Waals surface area contributed by atoms with Gasteiger partial charge in [0.2, 0.25) is 0 Å². The number of rotatable bonds is 7. The second-order valence-corrected chi connectivity index (χ2v) is 11.9. The number of amides is 1. The van der Waals surface area contributed by atoms with Crippen molar-refractivity contribution in [2.75, 3.05) is 24.3 Å². The summed E-state index contributed by atoms with van der Waals surface area (Å²) in [6.07, 6.45) is 6.62. The summed E-state index contributed by atoms with van der Waals surface area (Å²) in [4.78, 5) is 44.8. The number of hydrogen-bond acceptors (Lipinski definition) is 8. The van der Waals surface area contributed by atoms with E-state index in [4.69, 9.17) is 15.2 Å². The van der Waals surface area contributed by atoms with Crippen LogP contribution >= 0.6 is 0 Å². The molecule has 0 aliphatic carbocycles. The van der Waals surface area contributed by atoms with E-state index in [1.54, 1.807) is 71.7 Å². The van der Waals surface area contributed by atoms with Gasteiger partial charge in [-0.05, 0) is 66.3 Å². The maximum absolute atomic E-state index is 13.2. The van der Waals surface area contributed by atoms with Gasteiger partial charge < -0.3 is 29.3 Å². The van der Waals surface area contributed by atoms with Crippen molar-refractivity contribution in [3.05, 3.63) is 120 Å². The van der Waals surface area contributed by atoms with Crippen LogP contribution in [0.2, 0.25) is 0 Å². The van der Waals surface area contributed by atoms with Crippen LogP contribution in [-0.2, 0) is 14.9 Å². The molecule has 6 aromatic rings. The summed E-state index contributed by atoms with van der Waals surface area (Å²) in [6, 6.07) is 22.9. The van der Waals surface area contributed by atoms with Crippen LogP contribution < -0.4 is 11.1 Å². The summed E-state index contributed by atoms with van der Waals surface area (Å²) in [6.45, 7) is 10.7. The van der Waals surface area contributed by atoms with Crippen LogP contribution in [0.3, 0.4) is 0 Å². The van der Waals surface area contributed by atoms with Gasteiger partial charge in [-0.2, -0.15) is 0 Å². The quantitative estimate of drug-likeness (QED) is 0.180. The molecule has 4 aromatic heterocycles. The molecule has 6 rings (SSSR count). The first-order valence-electron chi connectivity index (χ1n) is 15.6. The Morgan fingerprint density at radius 1 is 0.729 bits per heavy atom. The lowest BCUT2D eigenvalue weighted by molar-refractivity contribution is 0.0511. The fourth-order valence-electron chi connectivity index (χ4n) is 4.96. The highest BCUT2D eigenvalue weighted by Gasteiger charge is 2.17. The van der Waals surface area contributed by atoms with Crippen LogP contribution in [0, 0.1) is 0 Å². The average Bonchev–Trinajstić information content (AvgIpc) is 3.69. The van der Waals surface area contributed by atoms with Crippen molar-refractivity contribution in [1.29, 1.82) is 0 Å². The molecule has 2 aromatic carbocycles. The average molecular weight is 647 g/mol. The number of ether oxygens (including phenoxy) is 2. The third-order valence-electron chi connectivity index (χ3n) is 7.39. The molecule has 0 unspecified atom stereocenters. The molecule has 0 spiro atoms. The van der Waals surface area contributed by atoms with Gasteiger partial charge in [0.15, 0.2) is 11.4 Å². The summed E-state index contributed by atoms with van der Waals surface area (Å²) in [7, 11) is 0. The number of carbonyl (C=O) groups is 3. The Bertz CT molecular complexity index is 2090. The standard InChI is InChI=1S/C27H27N3O3.C10H11N3O2/c1-5-33-26(32)23-17-30-16-20(14-15-24(30)29-23)28-25(31)22-9-7-6-8-21(22)18-10-12-19(13-11-18)27(2,3)4;1-2-15-10(14)8-6-13-5-7(11)3-4-9(13)12-8/h6-17H,5H2,1-4H3,(H,28,31);3-6H,2,11H2,1H3. The van der Waals surface area contributed by atoms with Crippen molar-refractivity contribution in [2.45, 2.75) is 40.0 Å². The molecule has 48 heavy (non-hydrogen) atoms. The molecular weight excluding hydrogens is 608 g/mol. The first kappa shape index (κ1) is 33.4. The molecule has 246 valence electrons. The third kappa shape index (κ3) is 7.69. The number of imidazole rings is 2. The van der Waals surface area contributed by atoms with E-state index in [2.05, 4.69) is 60.3 Å². The minimum absolute atomic E-state index is 0.0640. The molecule has 11 nitrogen and oxygen atoms in total. The normalized spacial score (nSPS) is 11.1. The number of anilines is 2. The van der Waals surface area contributed by atoms with Crippen molar-refractivity contribution >= 4 is 40.5 Å². The monoisotopic (exact) mass is 646 g/mol. The van der Waals surface area contributed by atoms with Crippen LogP contribution in [0.4, 0.5) is 11.4 Å². The molecule has 1 amide bonds. The second kappa shape index (κ2) is 14.2. The number of fused-ring (bicyclic) bond motifs is 2. The number of aromatic nitrogens is 4. The van der Waals surface area contributed by atoms with Crippen LogP contribution in [0.1, 0.15) is 71.5 Å². The molecule has 11 heteroatoms. The first-order valence-corrected chi connectivity index (χ1v) is 15.6. The SMILES string of the molecule is CCOC(=O)c1cn2cc(N)ccc2n1.CCOC(=O)c1cn2cc(NC(=O)c3ccccc3-c3ccc(C(C)(C)C)cc3)ccc2n1. The zero-order valence-corrected chi connectivity index (χ0v) is 27.6. The number of nitrogens with two attached hydrogens (primary N) is 1. The Labute approximate surface area is 278 Å². The molecule has 0 saturated carbocycles. The molecule has 0 aliphatic rings. The highest BCUT2D eigenvalue weighted by atomic mass is 16.5.